The van der Waals surface area contributed by atoms with Gasteiger partial charge in [0.05, 0.1) is 21.6 Å². The van der Waals surface area contributed by atoms with Gasteiger partial charge in [-0.1, -0.05) is 12.1 Å². The van der Waals surface area contributed by atoms with Crippen molar-refractivity contribution in [3.63, 3.8) is 0 Å². The lowest BCUT2D eigenvalue weighted by Crippen LogP contribution is -2.48. The van der Waals surface area contributed by atoms with Gasteiger partial charge in [-0.05, 0) is 44.2 Å². The van der Waals surface area contributed by atoms with E-state index in [1.54, 1.807) is 45.5 Å². The van der Waals surface area contributed by atoms with Crippen LogP contribution in [0.25, 0.3) is 11.0 Å². The Morgan fingerprint density at radius 2 is 1.53 bits per heavy atom. The second-order valence-electron chi connectivity index (χ2n) is 7.26. The molecule has 0 radical (unpaired) electrons. The molecule has 0 N–H and O–H groups in total. The Bertz CT molecular complexity index is 1240. The topological polar surface area (TPSA) is 67.5 Å². The number of benzene rings is 2. The average Bonchev–Trinajstić information content (AvgIpc) is 3.03. The molecule has 1 fully saturated rings. The van der Waals surface area contributed by atoms with E-state index < -0.39 is 10.0 Å². The van der Waals surface area contributed by atoms with Crippen molar-refractivity contribution in [2.75, 3.05) is 31.1 Å². The van der Waals surface area contributed by atoms with Crippen molar-refractivity contribution in [1.82, 2.24) is 13.4 Å². The number of piperazine rings is 1. The van der Waals surface area contributed by atoms with E-state index in [2.05, 4.69) is 0 Å². The number of hydrogen-bond acceptors (Lipinski definition) is 4. The highest BCUT2D eigenvalue weighted by Gasteiger charge is 2.30. The van der Waals surface area contributed by atoms with Gasteiger partial charge >= 0.3 is 5.69 Å². The van der Waals surface area contributed by atoms with Crippen molar-refractivity contribution in [2.24, 2.45) is 0 Å². The minimum Gasteiger partial charge on any atom is -0.367 e. The summed E-state index contributed by atoms with van der Waals surface area (Å²) in [5, 5.41) is 0. The molecule has 3 aromatic rings. The number of halogens is 1. The van der Waals surface area contributed by atoms with E-state index in [-0.39, 0.29) is 29.5 Å². The van der Waals surface area contributed by atoms with Crippen LogP contribution in [0.3, 0.4) is 0 Å². The Balaban J connectivity index is 1.62. The molecular weight excluding hydrogens is 407 g/mol. The van der Waals surface area contributed by atoms with Gasteiger partial charge in [-0.3, -0.25) is 9.13 Å². The molecule has 0 aliphatic carbocycles. The van der Waals surface area contributed by atoms with Crippen molar-refractivity contribution in [3.05, 3.63) is 58.8 Å². The van der Waals surface area contributed by atoms with Crippen molar-refractivity contribution < 1.29 is 12.8 Å². The number of imidazole rings is 1. The van der Waals surface area contributed by atoms with E-state index in [9.17, 15) is 17.6 Å². The van der Waals surface area contributed by atoms with Crippen molar-refractivity contribution >= 4 is 26.7 Å². The zero-order chi connectivity index (χ0) is 21.5. The number of nitrogens with zero attached hydrogens (tertiary/aromatic N) is 4. The van der Waals surface area contributed by atoms with Gasteiger partial charge in [0.15, 0.2) is 0 Å². The Morgan fingerprint density at radius 1 is 0.900 bits per heavy atom. The van der Waals surface area contributed by atoms with Gasteiger partial charge in [0.2, 0.25) is 10.0 Å². The highest BCUT2D eigenvalue weighted by Crippen LogP contribution is 2.25. The first kappa shape index (κ1) is 20.6. The molecule has 160 valence electrons. The lowest BCUT2D eigenvalue weighted by molar-refractivity contribution is 0.383. The van der Waals surface area contributed by atoms with Crippen LogP contribution in [0.2, 0.25) is 0 Å². The SMILES string of the molecule is CCn1c(=O)n(CC)c2cc(S(=O)(=O)N3CCN(c4ccccc4F)CC3)ccc21. The summed E-state index contributed by atoms with van der Waals surface area (Å²) in [4.78, 5) is 14.6. The average molecular weight is 433 g/mol. The number of aryl methyl sites for hydroxylation is 2. The summed E-state index contributed by atoms with van der Waals surface area (Å²) in [6.45, 7) is 6.10. The van der Waals surface area contributed by atoms with Crippen molar-refractivity contribution in [2.45, 2.75) is 31.8 Å². The van der Waals surface area contributed by atoms with Crippen LogP contribution in [0.15, 0.2) is 52.2 Å². The molecule has 2 heterocycles. The number of aromatic nitrogens is 2. The molecule has 0 unspecified atom stereocenters. The minimum atomic E-state index is -3.72. The molecule has 30 heavy (non-hydrogen) atoms. The number of para-hydroxylation sites is 1. The fourth-order valence-corrected chi connectivity index (χ4v) is 5.54. The van der Waals surface area contributed by atoms with Gasteiger partial charge in [0.25, 0.3) is 0 Å². The second-order valence-corrected chi connectivity index (χ2v) is 9.20. The first-order valence-electron chi connectivity index (χ1n) is 10.1. The fourth-order valence-electron chi connectivity index (χ4n) is 4.10. The standard InChI is InChI=1S/C21H25FN4O3S/c1-3-25-19-10-9-16(15-20(19)26(4-2)21(25)27)30(28,29)24-13-11-23(12-14-24)18-8-6-5-7-17(18)22/h5-10,15H,3-4,11-14H2,1-2H3. The number of fused-ring (bicyclic) bond motifs is 1. The molecule has 1 aliphatic rings. The molecule has 0 amide bonds. The van der Waals surface area contributed by atoms with E-state index >= 15 is 0 Å². The normalized spacial score (nSPS) is 15.8. The van der Waals surface area contributed by atoms with Crippen LogP contribution in [-0.4, -0.2) is 48.0 Å². The van der Waals surface area contributed by atoms with Crippen LogP contribution in [0, 0.1) is 5.82 Å². The monoisotopic (exact) mass is 432 g/mol. The first-order valence-corrected chi connectivity index (χ1v) is 11.5. The van der Waals surface area contributed by atoms with E-state index in [4.69, 9.17) is 0 Å². The Kier molecular flexibility index (Phi) is 5.42. The summed E-state index contributed by atoms with van der Waals surface area (Å²) in [5.41, 5.74) is 1.70. The maximum atomic E-state index is 14.1. The molecule has 4 rings (SSSR count). The van der Waals surface area contributed by atoms with Crippen LogP contribution >= 0.6 is 0 Å². The summed E-state index contributed by atoms with van der Waals surface area (Å²) >= 11 is 0. The predicted octanol–water partition coefficient (Wildman–Crippen LogP) is 2.49. The fraction of sp³-hybridized carbons (Fsp3) is 0.381. The van der Waals surface area contributed by atoms with Gasteiger partial charge in [-0.2, -0.15) is 4.31 Å². The van der Waals surface area contributed by atoms with Crippen molar-refractivity contribution in [1.29, 1.82) is 0 Å². The minimum absolute atomic E-state index is 0.136. The van der Waals surface area contributed by atoms with E-state index in [0.29, 0.717) is 37.4 Å². The second kappa shape index (κ2) is 7.88. The van der Waals surface area contributed by atoms with Crippen LogP contribution < -0.4 is 10.6 Å². The van der Waals surface area contributed by atoms with Gasteiger partial charge < -0.3 is 4.90 Å². The van der Waals surface area contributed by atoms with E-state index in [1.165, 1.54) is 10.4 Å². The molecule has 0 spiro atoms. The Morgan fingerprint density at radius 3 is 2.17 bits per heavy atom. The molecule has 0 bridgehead atoms. The Labute approximate surface area is 175 Å². The molecule has 1 aromatic heterocycles. The molecule has 1 aliphatic heterocycles. The van der Waals surface area contributed by atoms with Crippen LogP contribution in [-0.2, 0) is 23.1 Å². The maximum absolute atomic E-state index is 14.1. The van der Waals surface area contributed by atoms with Crippen LogP contribution in [0.4, 0.5) is 10.1 Å². The quantitative estimate of drug-likeness (QED) is 0.621. The van der Waals surface area contributed by atoms with Crippen LogP contribution in [0.5, 0.6) is 0 Å². The third-order valence-electron chi connectivity index (χ3n) is 5.69. The van der Waals surface area contributed by atoms with Crippen molar-refractivity contribution in [3.8, 4) is 0 Å². The molecule has 0 saturated carbocycles. The summed E-state index contributed by atoms with van der Waals surface area (Å²) in [7, 11) is -3.72. The summed E-state index contributed by atoms with van der Waals surface area (Å²) in [6, 6.07) is 11.4. The number of hydrogen-bond donors (Lipinski definition) is 0. The maximum Gasteiger partial charge on any atom is 0.329 e. The smallest absolute Gasteiger partial charge is 0.329 e. The van der Waals surface area contributed by atoms with Gasteiger partial charge in [-0.25, -0.2) is 17.6 Å². The zero-order valence-corrected chi connectivity index (χ0v) is 17.9. The molecule has 9 heteroatoms. The number of rotatable bonds is 5. The van der Waals surface area contributed by atoms with Gasteiger partial charge in [-0.15, -0.1) is 0 Å². The third-order valence-corrected chi connectivity index (χ3v) is 7.59. The molecule has 0 atom stereocenters. The summed E-state index contributed by atoms with van der Waals surface area (Å²) in [5.74, 6) is -0.308. The number of sulfonamides is 1. The highest BCUT2D eigenvalue weighted by molar-refractivity contribution is 7.89. The summed E-state index contributed by atoms with van der Waals surface area (Å²) < 4.78 is 45.2. The zero-order valence-electron chi connectivity index (χ0n) is 17.1. The predicted molar refractivity (Wildman–Crippen MR) is 115 cm³/mol. The molecule has 7 nitrogen and oxygen atoms in total. The van der Waals surface area contributed by atoms with Gasteiger partial charge in [0.1, 0.15) is 5.82 Å². The molecule has 2 aromatic carbocycles. The summed E-state index contributed by atoms with van der Waals surface area (Å²) in [6.07, 6.45) is 0. The largest absolute Gasteiger partial charge is 0.367 e. The first-order chi connectivity index (χ1) is 14.4. The lowest BCUT2D eigenvalue weighted by atomic mass is 10.2. The third kappa shape index (κ3) is 3.31. The highest BCUT2D eigenvalue weighted by atomic mass is 32.2. The van der Waals surface area contributed by atoms with E-state index in [0.717, 1.165) is 5.52 Å². The molecule has 1 saturated heterocycles. The van der Waals surface area contributed by atoms with Gasteiger partial charge in [0, 0.05) is 39.3 Å². The molecular formula is C21H25FN4O3S. The lowest BCUT2D eigenvalue weighted by Gasteiger charge is -2.35. The van der Waals surface area contributed by atoms with Crippen LogP contribution in [0.1, 0.15) is 13.8 Å². The van der Waals surface area contributed by atoms with E-state index in [1.807, 2.05) is 18.7 Å². The number of anilines is 1. The Hall–Kier alpha value is -2.65.